The lowest BCUT2D eigenvalue weighted by Crippen LogP contribution is -2.18. The molecule has 0 bridgehead atoms. The van der Waals surface area contributed by atoms with Crippen molar-refractivity contribution in [1.29, 1.82) is 0 Å². The smallest absolute Gasteiger partial charge is 0.331 e. The zero-order valence-electron chi connectivity index (χ0n) is 10.1. The van der Waals surface area contributed by atoms with Crippen molar-refractivity contribution in [3.05, 3.63) is 23.4 Å². The SMILES string of the molecule is CCC(=CCNCCc1noc(C)n1)C(=O)O. The summed E-state index contributed by atoms with van der Waals surface area (Å²) in [6.07, 6.45) is 2.88. The molecule has 17 heavy (non-hydrogen) atoms. The molecule has 0 amide bonds. The van der Waals surface area contributed by atoms with Crippen molar-refractivity contribution in [2.24, 2.45) is 0 Å². The van der Waals surface area contributed by atoms with Crippen molar-refractivity contribution in [2.75, 3.05) is 13.1 Å². The molecule has 0 saturated heterocycles. The second-order valence-corrected chi connectivity index (χ2v) is 3.57. The van der Waals surface area contributed by atoms with Crippen molar-refractivity contribution < 1.29 is 14.4 Å². The van der Waals surface area contributed by atoms with Gasteiger partial charge in [-0.2, -0.15) is 4.98 Å². The van der Waals surface area contributed by atoms with Gasteiger partial charge in [-0.3, -0.25) is 0 Å². The van der Waals surface area contributed by atoms with Crippen LogP contribution in [0.25, 0.3) is 0 Å². The maximum Gasteiger partial charge on any atom is 0.331 e. The van der Waals surface area contributed by atoms with Gasteiger partial charge in [0.15, 0.2) is 5.82 Å². The molecule has 1 heterocycles. The van der Waals surface area contributed by atoms with Crippen LogP contribution in [-0.4, -0.2) is 34.3 Å². The number of hydrogen-bond acceptors (Lipinski definition) is 5. The molecule has 0 aliphatic carbocycles. The minimum Gasteiger partial charge on any atom is -0.478 e. The highest BCUT2D eigenvalue weighted by Gasteiger charge is 2.03. The monoisotopic (exact) mass is 239 g/mol. The Morgan fingerprint density at radius 2 is 2.35 bits per heavy atom. The first-order chi connectivity index (χ1) is 8.13. The largest absolute Gasteiger partial charge is 0.478 e. The Morgan fingerprint density at radius 1 is 1.59 bits per heavy atom. The van der Waals surface area contributed by atoms with Crippen molar-refractivity contribution in [3.8, 4) is 0 Å². The van der Waals surface area contributed by atoms with Crippen LogP contribution in [0.1, 0.15) is 25.1 Å². The molecule has 6 heteroatoms. The summed E-state index contributed by atoms with van der Waals surface area (Å²) in [6.45, 7) is 4.79. The van der Waals surface area contributed by atoms with Crippen LogP contribution in [-0.2, 0) is 11.2 Å². The van der Waals surface area contributed by atoms with Gasteiger partial charge in [-0.15, -0.1) is 0 Å². The zero-order valence-corrected chi connectivity index (χ0v) is 10.1. The van der Waals surface area contributed by atoms with Crippen LogP contribution < -0.4 is 5.32 Å². The Labute approximate surface area is 99.7 Å². The van der Waals surface area contributed by atoms with Crippen LogP contribution in [0.15, 0.2) is 16.2 Å². The summed E-state index contributed by atoms with van der Waals surface area (Å²) in [5.41, 5.74) is 0.424. The lowest BCUT2D eigenvalue weighted by Gasteiger charge is -2.00. The molecule has 0 unspecified atom stereocenters. The third-order valence-electron chi connectivity index (χ3n) is 2.24. The average Bonchev–Trinajstić information content (AvgIpc) is 2.69. The molecular weight excluding hydrogens is 222 g/mol. The molecular formula is C11H17N3O3. The standard InChI is InChI=1S/C11H17N3O3/c1-3-9(11(15)16)4-6-12-7-5-10-13-8(2)17-14-10/h4,12H,3,5-7H2,1-2H3,(H,15,16). The molecule has 0 aliphatic heterocycles. The molecule has 1 aromatic rings. The molecule has 0 aromatic carbocycles. The molecule has 0 saturated carbocycles. The van der Waals surface area contributed by atoms with Crippen LogP contribution in [0.4, 0.5) is 0 Å². The highest BCUT2D eigenvalue weighted by atomic mass is 16.5. The fourth-order valence-electron chi connectivity index (χ4n) is 1.32. The second-order valence-electron chi connectivity index (χ2n) is 3.57. The average molecular weight is 239 g/mol. The van der Waals surface area contributed by atoms with Crippen LogP contribution in [0, 0.1) is 6.92 Å². The second kappa shape index (κ2) is 6.80. The number of aliphatic carboxylic acids is 1. The molecule has 0 spiro atoms. The minimum absolute atomic E-state index is 0.424. The van der Waals surface area contributed by atoms with Crippen LogP contribution in [0.5, 0.6) is 0 Å². The molecule has 2 N–H and O–H groups in total. The molecule has 0 atom stereocenters. The van der Waals surface area contributed by atoms with Gasteiger partial charge in [0.1, 0.15) is 0 Å². The molecule has 94 valence electrons. The Hall–Kier alpha value is -1.69. The van der Waals surface area contributed by atoms with E-state index in [4.69, 9.17) is 9.63 Å². The highest BCUT2D eigenvalue weighted by Crippen LogP contribution is 1.99. The van der Waals surface area contributed by atoms with E-state index in [-0.39, 0.29) is 0 Å². The van der Waals surface area contributed by atoms with E-state index in [0.717, 1.165) is 0 Å². The topological polar surface area (TPSA) is 88.3 Å². The maximum absolute atomic E-state index is 10.7. The number of carboxylic acid groups (broad SMARTS) is 1. The van der Waals surface area contributed by atoms with E-state index in [1.165, 1.54) is 0 Å². The predicted octanol–water partition coefficient (Wildman–Crippen LogP) is 0.931. The molecule has 6 nitrogen and oxygen atoms in total. The van der Waals surface area contributed by atoms with E-state index < -0.39 is 5.97 Å². The predicted molar refractivity (Wildman–Crippen MR) is 61.6 cm³/mol. The fourth-order valence-corrected chi connectivity index (χ4v) is 1.32. The maximum atomic E-state index is 10.7. The summed E-state index contributed by atoms with van der Waals surface area (Å²) in [5, 5.41) is 15.6. The van der Waals surface area contributed by atoms with Gasteiger partial charge < -0.3 is 14.9 Å². The van der Waals surface area contributed by atoms with Crippen molar-refractivity contribution in [1.82, 2.24) is 15.5 Å². The van der Waals surface area contributed by atoms with Gasteiger partial charge >= 0.3 is 5.97 Å². The van der Waals surface area contributed by atoms with Crippen LogP contribution in [0.3, 0.4) is 0 Å². The van der Waals surface area contributed by atoms with Gasteiger partial charge in [0, 0.05) is 32.0 Å². The Morgan fingerprint density at radius 3 is 2.88 bits per heavy atom. The van der Waals surface area contributed by atoms with Crippen molar-refractivity contribution in [2.45, 2.75) is 26.7 Å². The van der Waals surface area contributed by atoms with Gasteiger partial charge in [0.25, 0.3) is 0 Å². The van der Waals surface area contributed by atoms with E-state index in [9.17, 15) is 4.79 Å². The summed E-state index contributed by atoms with van der Waals surface area (Å²) < 4.78 is 4.83. The normalized spacial score (nSPS) is 11.8. The van der Waals surface area contributed by atoms with Gasteiger partial charge in [0.05, 0.1) is 0 Å². The highest BCUT2D eigenvalue weighted by molar-refractivity contribution is 5.86. The Balaban J connectivity index is 2.22. The van der Waals surface area contributed by atoms with E-state index in [0.29, 0.717) is 43.2 Å². The summed E-state index contributed by atoms with van der Waals surface area (Å²) in [5.74, 6) is 0.357. The fraction of sp³-hybridized carbons (Fsp3) is 0.545. The quantitative estimate of drug-likeness (QED) is 0.543. The third-order valence-corrected chi connectivity index (χ3v) is 2.24. The van der Waals surface area contributed by atoms with E-state index in [1.54, 1.807) is 13.0 Å². The number of hydrogen-bond donors (Lipinski definition) is 2. The molecule has 1 aromatic heterocycles. The molecule has 0 fully saturated rings. The summed E-state index contributed by atoms with van der Waals surface area (Å²) >= 11 is 0. The Kier molecular flexibility index (Phi) is 5.35. The lowest BCUT2D eigenvalue weighted by molar-refractivity contribution is -0.132. The van der Waals surface area contributed by atoms with E-state index >= 15 is 0 Å². The zero-order chi connectivity index (χ0) is 12.7. The molecule has 1 rings (SSSR count). The summed E-state index contributed by atoms with van der Waals surface area (Å²) in [7, 11) is 0. The number of nitrogens with zero attached hydrogens (tertiary/aromatic N) is 2. The molecule has 0 radical (unpaired) electrons. The summed E-state index contributed by atoms with van der Waals surface area (Å²) in [6, 6.07) is 0. The first-order valence-corrected chi connectivity index (χ1v) is 5.55. The van der Waals surface area contributed by atoms with Gasteiger partial charge in [-0.25, -0.2) is 4.79 Å². The minimum atomic E-state index is -0.858. The lowest BCUT2D eigenvalue weighted by atomic mass is 10.2. The van der Waals surface area contributed by atoms with E-state index in [1.807, 2.05) is 6.92 Å². The number of carbonyl (C=O) groups is 1. The number of rotatable bonds is 7. The number of aryl methyl sites for hydroxylation is 1. The van der Waals surface area contributed by atoms with E-state index in [2.05, 4.69) is 15.5 Å². The third kappa shape index (κ3) is 4.78. The summed E-state index contributed by atoms with van der Waals surface area (Å²) in [4.78, 5) is 14.8. The van der Waals surface area contributed by atoms with Crippen LogP contribution >= 0.6 is 0 Å². The van der Waals surface area contributed by atoms with Crippen molar-refractivity contribution >= 4 is 5.97 Å². The van der Waals surface area contributed by atoms with Gasteiger partial charge in [-0.1, -0.05) is 18.2 Å². The van der Waals surface area contributed by atoms with Crippen LogP contribution in [0.2, 0.25) is 0 Å². The first kappa shape index (κ1) is 13.4. The molecule has 0 aliphatic rings. The Bertz CT molecular complexity index is 398. The first-order valence-electron chi connectivity index (χ1n) is 5.55. The van der Waals surface area contributed by atoms with Gasteiger partial charge in [-0.05, 0) is 6.42 Å². The van der Waals surface area contributed by atoms with Crippen molar-refractivity contribution in [3.63, 3.8) is 0 Å². The number of carboxylic acids is 1. The number of aromatic nitrogens is 2. The van der Waals surface area contributed by atoms with Gasteiger partial charge in [0.2, 0.25) is 5.89 Å². The number of nitrogens with one attached hydrogen (secondary N) is 1.